The largest absolute Gasteiger partial charge is 0.391 e. The van der Waals surface area contributed by atoms with Crippen LogP contribution in [0.1, 0.15) is 37.4 Å². The Bertz CT molecular complexity index is 427. The zero-order valence-corrected chi connectivity index (χ0v) is 10.2. The zero-order chi connectivity index (χ0) is 14.0. The minimum atomic E-state index is -4.16. The molecule has 6 heteroatoms. The van der Waals surface area contributed by atoms with Crippen molar-refractivity contribution in [2.24, 2.45) is 11.8 Å². The number of alkyl halides is 3. The summed E-state index contributed by atoms with van der Waals surface area (Å²) in [5.41, 5.74) is 0.329. The van der Waals surface area contributed by atoms with Gasteiger partial charge in [0.2, 0.25) is 0 Å². The lowest BCUT2D eigenvalue weighted by atomic mass is 9.78. The summed E-state index contributed by atoms with van der Waals surface area (Å²) < 4.78 is 50.6. The van der Waals surface area contributed by atoms with Gasteiger partial charge in [-0.05, 0) is 37.7 Å². The molecule has 0 aliphatic heterocycles. The summed E-state index contributed by atoms with van der Waals surface area (Å²) in [5, 5.41) is 10.1. The van der Waals surface area contributed by atoms with Gasteiger partial charge in [-0.3, -0.25) is 4.98 Å². The number of aromatic nitrogens is 1. The average molecular weight is 277 g/mol. The standard InChI is InChI=1S/C13H15F4NO/c14-11-5-9(6-18-7-11)12(19)8-1-3-10(4-2-8)13(15,16)17/h5-8,10,12,19H,1-4H2. The van der Waals surface area contributed by atoms with Gasteiger partial charge in [-0.15, -0.1) is 0 Å². The van der Waals surface area contributed by atoms with Crippen LogP contribution >= 0.6 is 0 Å². The smallest absolute Gasteiger partial charge is 0.388 e. The molecule has 0 radical (unpaired) electrons. The Labute approximate surface area is 108 Å². The normalized spacial score (nSPS) is 26.2. The van der Waals surface area contributed by atoms with Crippen molar-refractivity contribution in [3.63, 3.8) is 0 Å². The summed E-state index contributed by atoms with van der Waals surface area (Å²) in [6.45, 7) is 0. The Kier molecular flexibility index (Phi) is 4.08. The van der Waals surface area contributed by atoms with Crippen LogP contribution in [0, 0.1) is 17.7 Å². The highest BCUT2D eigenvalue weighted by Crippen LogP contribution is 2.43. The van der Waals surface area contributed by atoms with Gasteiger partial charge >= 0.3 is 6.18 Å². The first-order valence-electron chi connectivity index (χ1n) is 6.23. The molecular weight excluding hydrogens is 262 g/mol. The van der Waals surface area contributed by atoms with Crippen molar-refractivity contribution in [3.8, 4) is 0 Å². The van der Waals surface area contributed by atoms with Gasteiger partial charge in [-0.2, -0.15) is 13.2 Å². The topological polar surface area (TPSA) is 33.1 Å². The molecule has 2 nitrogen and oxygen atoms in total. The Morgan fingerprint density at radius 1 is 1.16 bits per heavy atom. The average Bonchev–Trinajstić information content (AvgIpc) is 2.37. The number of aliphatic hydroxyl groups is 1. The van der Waals surface area contributed by atoms with Gasteiger partial charge in [-0.1, -0.05) is 0 Å². The van der Waals surface area contributed by atoms with Crippen LogP contribution in [0.15, 0.2) is 18.5 Å². The van der Waals surface area contributed by atoms with Crippen molar-refractivity contribution in [1.29, 1.82) is 0 Å². The predicted octanol–water partition coefficient (Wildman–Crippen LogP) is 3.62. The first kappa shape index (κ1) is 14.2. The van der Waals surface area contributed by atoms with E-state index in [1.165, 1.54) is 12.3 Å². The second-order valence-corrected chi connectivity index (χ2v) is 5.03. The van der Waals surface area contributed by atoms with Crippen LogP contribution in [-0.4, -0.2) is 16.3 Å². The fourth-order valence-electron chi connectivity index (χ4n) is 2.62. The van der Waals surface area contributed by atoms with Crippen molar-refractivity contribution in [2.75, 3.05) is 0 Å². The van der Waals surface area contributed by atoms with Gasteiger partial charge < -0.3 is 5.11 Å². The van der Waals surface area contributed by atoms with Crippen LogP contribution < -0.4 is 0 Å². The molecule has 0 saturated heterocycles. The number of hydrogen-bond donors (Lipinski definition) is 1. The van der Waals surface area contributed by atoms with Crippen LogP contribution in [0.2, 0.25) is 0 Å². The molecule has 106 valence electrons. The highest BCUT2D eigenvalue weighted by Gasteiger charge is 2.42. The number of nitrogens with zero attached hydrogens (tertiary/aromatic N) is 1. The third-order valence-corrected chi connectivity index (χ3v) is 3.75. The molecule has 1 aromatic rings. The first-order valence-corrected chi connectivity index (χ1v) is 6.23. The molecule has 1 aromatic heterocycles. The van der Waals surface area contributed by atoms with Crippen molar-refractivity contribution in [3.05, 3.63) is 29.8 Å². The molecule has 1 saturated carbocycles. The van der Waals surface area contributed by atoms with E-state index in [0.717, 1.165) is 6.20 Å². The Hall–Kier alpha value is -1.17. The Balaban J connectivity index is 1.98. The lowest BCUT2D eigenvalue weighted by molar-refractivity contribution is -0.185. The molecule has 0 amide bonds. The molecule has 1 unspecified atom stereocenters. The van der Waals surface area contributed by atoms with Crippen LogP contribution in [0.3, 0.4) is 0 Å². The molecule has 0 aromatic carbocycles. The lowest BCUT2D eigenvalue weighted by Gasteiger charge is -2.32. The van der Waals surface area contributed by atoms with Crippen molar-refractivity contribution in [1.82, 2.24) is 4.98 Å². The monoisotopic (exact) mass is 277 g/mol. The van der Waals surface area contributed by atoms with Crippen molar-refractivity contribution in [2.45, 2.75) is 38.0 Å². The Morgan fingerprint density at radius 2 is 1.79 bits per heavy atom. The summed E-state index contributed by atoms with van der Waals surface area (Å²) in [6.07, 6.45) is -2.10. The minimum absolute atomic E-state index is 0.0218. The van der Waals surface area contributed by atoms with Crippen LogP contribution in [-0.2, 0) is 0 Å². The van der Waals surface area contributed by atoms with Crippen molar-refractivity contribution < 1.29 is 22.7 Å². The maximum atomic E-state index is 13.0. The van der Waals surface area contributed by atoms with E-state index in [0.29, 0.717) is 18.4 Å². The number of rotatable bonds is 2. The van der Waals surface area contributed by atoms with Gasteiger partial charge in [-0.25, -0.2) is 4.39 Å². The first-order chi connectivity index (χ1) is 8.88. The lowest BCUT2D eigenvalue weighted by Crippen LogP contribution is -2.29. The van der Waals surface area contributed by atoms with Gasteiger partial charge in [0.05, 0.1) is 18.2 Å². The maximum Gasteiger partial charge on any atom is 0.391 e. The molecule has 0 bridgehead atoms. The maximum absolute atomic E-state index is 13.0. The van der Waals surface area contributed by atoms with E-state index in [4.69, 9.17) is 0 Å². The van der Waals surface area contributed by atoms with E-state index >= 15 is 0 Å². The third kappa shape index (κ3) is 3.43. The highest BCUT2D eigenvalue weighted by molar-refractivity contribution is 5.14. The van der Waals surface area contributed by atoms with Crippen LogP contribution in [0.25, 0.3) is 0 Å². The van der Waals surface area contributed by atoms with Crippen LogP contribution in [0.5, 0.6) is 0 Å². The second kappa shape index (κ2) is 5.45. The second-order valence-electron chi connectivity index (χ2n) is 5.03. The van der Waals surface area contributed by atoms with Gasteiger partial charge in [0, 0.05) is 11.8 Å². The number of pyridine rings is 1. The minimum Gasteiger partial charge on any atom is -0.388 e. The summed E-state index contributed by atoms with van der Waals surface area (Å²) in [6, 6.07) is 1.17. The zero-order valence-electron chi connectivity index (χ0n) is 10.2. The van der Waals surface area contributed by atoms with E-state index in [9.17, 15) is 22.7 Å². The van der Waals surface area contributed by atoms with Crippen LogP contribution in [0.4, 0.5) is 17.6 Å². The highest BCUT2D eigenvalue weighted by atomic mass is 19.4. The molecular formula is C13H15F4NO. The molecule has 1 aliphatic carbocycles. The van der Waals surface area contributed by atoms with E-state index in [-0.39, 0.29) is 18.8 Å². The predicted molar refractivity (Wildman–Crippen MR) is 60.7 cm³/mol. The van der Waals surface area contributed by atoms with Gasteiger partial charge in [0.1, 0.15) is 5.82 Å². The molecule has 1 aliphatic rings. The summed E-state index contributed by atoms with van der Waals surface area (Å²) >= 11 is 0. The third-order valence-electron chi connectivity index (χ3n) is 3.75. The number of halogens is 4. The molecule has 1 atom stereocenters. The van der Waals surface area contributed by atoms with Gasteiger partial charge in [0.15, 0.2) is 0 Å². The fourth-order valence-corrected chi connectivity index (χ4v) is 2.62. The molecule has 1 fully saturated rings. The molecule has 1 N–H and O–H groups in total. The molecule has 1 heterocycles. The Morgan fingerprint density at radius 3 is 2.32 bits per heavy atom. The van der Waals surface area contributed by atoms with E-state index < -0.39 is 24.0 Å². The van der Waals surface area contributed by atoms with E-state index in [1.54, 1.807) is 0 Å². The van der Waals surface area contributed by atoms with E-state index in [2.05, 4.69) is 4.98 Å². The number of hydrogen-bond acceptors (Lipinski definition) is 2. The van der Waals surface area contributed by atoms with Crippen molar-refractivity contribution >= 4 is 0 Å². The van der Waals surface area contributed by atoms with Gasteiger partial charge in [0.25, 0.3) is 0 Å². The summed E-state index contributed by atoms with van der Waals surface area (Å²) in [5.74, 6) is -2.09. The number of aliphatic hydroxyl groups excluding tert-OH is 1. The summed E-state index contributed by atoms with van der Waals surface area (Å²) in [4.78, 5) is 3.64. The quantitative estimate of drug-likeness (QED) is 0.837. The SMILES string of the molecule is OC(c1cncc(F)c1)C1CCC(C(F)(F)F)CC1. The summed E-state index contributed by atoms with van der Waals surface area (Å²) in [7, 11) is 0. The molecule has 0 spiro atoms. The fraction of sp³-hybridized carbons (Fsp3) is 0.615. The molecule has 19 heavy (non-hydrogen) atoms. The van der Waals surface area contributed by atoms with E-state index in [1.807, 2.05) is 0 Å². The molecule has 2 rings (SSSR count).